The van der Waals surface area contributed by atoms with Gasteiger partial charge in [0, 0.05) is 25.2 Å². The summed E-state index contributed by atoms with van der Waals surface area (Å²) in [6.07, 6.45) is 3.10. The molecule has 3 aromatic carbocycles. The third kappa shape index (κ3) is 2.80. The van der Waals surface area contributed by atoms with Crippen molar-refractivity contribution in [3.8, 4) is 11.3 Å². The van der Waals surface area contributed by atoms with Crippen molar-refractivity contribution in [3.63, 3.8) is 0 Å². The van der Waals surface area contributed by atoms with Gasteiger partial charge in [-0.25, -0.2) is 0 Å². The third-order valence-corrected chi connectivity index (χ3v) is 8.45. The number of methoxy groups -OCH3 is 1. The number of benzene rings is 3. The molecule has 34 heavy (non-hydrogen) atoms. The fourth-order valence-electron chi connectivity index (χ4n) is 6.64. The predicted octanol–water partition coefficient (Wildman–Crippen LogP) is 6.38. The number of hydrogen-bond acceptors (Lipinski definition) is 2. The highest BCUT2D eigenvalue weighted by atomic mass is 16.5. The standard InChI is InChI=1S/C31H34NO2/c1-18(2)21-14-20-10-12-32-26(17-33)23(11-13-34-5)28-22-9-7-6-8-19(22)15-25-29(28)30(32)27(20)24(16-21)31(25,3)4/h6-10,12,14-16,18,23,26,33H,11,13,17H2,1-5H3/q+1. The summed E-state index contributed by atoms with van der Waals surface area (Å²) in [7, 11) is 1.77. The van der Waals surface area contributed by atoms with Gasteiger partial charge >= 0.3 is 0 Å². The molecule has 1 N–H and O–H groups in total. The largest absolute Gasteiger partial charge is 0.389 e. The first-order chi connectivity index (χ1) is 16.4. The van der Waals surface area contributed by atoms with Crippen molar-refractivity contribution >= 4 is 21.5 Å². The van der Waals surface area contributed by atoms with Crippen LogP contribution in [-0.4, -0.2) is 25.4 Å². The van der Waals surface area contributed by atoms with E-state index in [1.807, 2.05) is 0 Å². The zero-order chi connectivity index (χ0) is 23.8. The maximum atomic E-state index is 10.7. The smallest absolute Gasteiger partial charge is 0.221 e. The van der Waals surface area contributed by atoms with Crippen molar-refractivity contribution in [2.24, 2.45) is 0 Å². The van der Waals surface area contributed by atoms with Crippen molar-refractivity contribution in [3.05, 3.63) is 77.0 Å². The highest BCUT2D eigenvalue weighted by Crippen LogP contribution is 2.55. The van der Waals surface area contributed by atoms with Gasteiger partial charge in [0.1, 0.15) is 6.61 Å². The average Bonchev–Trinajstić information content (AvgIpc) is 2.84. The Labute approximate surface area is 202 Å². The number of aliphatic hydroxyl groups excluding tert-OH is 1. The number of rotatable bonds is 5. The van der Waals surface area contributed by atoms with E-state index in [-0.39, 0.29) is 24.0 Å². The zero-order valence-electron chi connectivity index (χ0n) is 20.9. The fourth-order valence-corrected chi connectivity index (χ4v) is 6.64. The van der Waals surface area contributed by atoms with Crippen molar-refractivity contribution < 1.29 is 14.4 Å². The second-order valence-electron chi connectivity index (χ2n) is 11.0. The summed E-state index contributed by atoms with van der Waals surface area (Å²) >= 11 is 0. The van der Waals surface area contributed by atoms with Gasteiger partial charge in [-0.15, -0.1) is 0 Å². The highest BCUT2D eigenvalue weighted by Gasteiger charge is 2.48. The van der Waals surface area contributed by atoms with E-state index in [1.54, 1.807) is 7.11 Å². The zero-order valence-corrected chi connectivity index (χ0v) is 20.9. The number of hydrogen-bond donors (Lipinski definition) is 1. The maximum absolute atomic E-state index is 10.7. The van der Waals surface area contributed by atoms with Crippen LogP contribution in [0.4, 0.5) is 0 Å². The van der Waals surface area contributed by atoms with E-state index in [9.17, 15) is 5.11 Å². The second kappa shape index (κ2) is 7.63. The molecular weight excluding hydrogens is 418 g/mol. The molecule has 0 spiro atoms. The Morgan fingerprint density at radius 3 is 2.56 bits per heavy atom. The lowest BCUT2D eigenvalue weighted by Gasteiger charge is -2.40. The van der Waals surface area contributed by atoms with Crippen LogP contribution in [0.15, 0.2) is 54.7 Å². The van der Waals surface area contributed by atoms with E-state index in [0.29, 0.717) is 12.5 Å². The molecular formula is C31H34NO2+. The molecule has 0 fully saturated rings. The van der Waals surface area contributed by atoms with Gasteiger partial charge in [-0.2, -0.15) is 4.57 Å². The fraction of sp³-hybridized carbons (Fsp3) is 0.387. The lowest BCUT2D eigenvalue weighted by atomic mass is 9.64. The van der Waals surface area contributed by atoms with Crippen LogP contribution >= 0.6 is 0 Å². The number of fused-ring (bicyclic) bond motifs is 2. The maximum Gasteiger partial charge on any atom is 0.221 e. The summed E-state index contributed by atoms with van der Waals surface area (Å²) in [5.74, 6) is 0.657. The summed E-state index contributed by atoms with van der Waals surface area (Å²) in [5, 5.41) is 16.0. The number of aliphatic hydroxyl groups is 1. The molecule has 1 aliphatic heterocycles. The number of ether oxygens (including phenoxy) is 1. The van der Waals surface area contributed by atoms with Gasteiger partial charge in [-0.05, 0) is 56.8 Å². The van der Waals surface area contributed by atoms with Crippen LogP contribution in [0.1, 0.15) is 74.2 Å². The van der Waals surface area contributed by atoms with Gasteiger partial charge in [-0.1, -0.05) is 64.1 Å². The summed E-state index contributed by atoms with van der Waals surface area (Å²) in [4.78, 5) is 0. The van der Waals surface area contributed by atoms with E-state index in [4.69, 9.17) is 4.74 Å². The first-order valence-electron chi connectivity index (χ1n) is 12.6. The van der Waals surface area contributed by atoms with Crippen molar-refractivity contribution in [1.29, 1.82) is 0 Å². The van der Waals surface area contributed by atoms with Crippen LogP contribution in [0.25, 0.3) is 32.8 Å². The molecule has 2 aliphatic rings. The van der Waals surface area contributed by atoms with Gasteiger partial charge in [-0.3, -0.25) is 0 Å². The minimum Gasteiger partial charge on any atom is -0.389 e. The molecule has 174 valence electrons. The molecule has 0 radical (unpaired) electrons. The summed E-state index contributed by atoms with van der Waals surface area (Å²) in [6.45, 7) is 10.1. The molecule has 0 bridgehead atoms. The molecule has 0 saturated heterocycles. The molecule has 1 aliphatic carbocycles. The summed E-state index contributed by atoms with van der Waals surface area (Å²) in [5.41, 5.74) is 8.12. The molecule has 6 rings (SSSR count). The lowest BCUT2D eigenvalue weighted by molar-refractivity contribution is -0.718. The summed E-state index contributed by atoms with van der Waals surface area (Å²) in [6, 6.07) is 18.3. The van der Waals surface area contributed by atoms with Crippen LogP contribution in [0.2, 0.25) is 0 Å². The number of aromatic nitrogens is 1. The molecule has 2 unspecified atom stereocenters. The molecule has 0 amide bonds. The van der Waals surface area contributed by atoms with Crippen LogP contribution in [0.3, 0.4) is 0 Å². The Morgan fingerprint density at radius 2 is 1.82 bits per heavy atom. The van der Waals surface area contributed by atoms with Crippen LogP contribution in [0, 0.1) is 0 Å². The quantitative estimate of drug-likeness (QED) is 0.357. The highest BCUT2D eigenvalue weighted by molar-refractivity contribution is 6.05. The minimum absolute atomic E-state index is 0.0143. The van der Waals surface area contributed by atoms with E-state index in [0.717, 1.165) is 6.42 Å². The van der Waals surface area contributed by atoms with E-state index >= 15 is 0 Å². The van der Waals surface area contributed by atoms with Crippen molar-refractivity contribution in [1.82, 2.24) is 0 Å². The van der Waals surface area contributed by atoms with Gasteiger partial charge in [0.15, 0.2) is 12.2 Å². The van der Waals surface area contributed by atoms with Gasteiger partial charge in [0.25, 0.3) is 0 Å². The number of pyridine rings is 1. The topological polar surface area (TPSA) is 33.3 Å². The van der Waals surface area contributed by atoms with Crippen molar-refractivity contribution in [2.75, 3.05) is 20.3 Å². The first-order valence-corrected chi connectivity index (χ1v) is 12.6. The van der Waals surface area contributed by atoms with E-state index in [1.165, 1.54) is 55.1 Å². The van der Waals surface area contributed by atoms with Crippen molar-refractivity contribution in [2.45, 2.75) is 57.4 Å². The average molecular weight is 453 g/mol. The van der Waals surface area contributed by atoms with Crippen LogP contribution < -0.4 is 4.57 Å². The predicted molar refractivity (Wildman–Crippen MR) is 139 cm³/mol. The minimum atomic E-state index is -0.124. The molecule has 0 saturated carbocycles. The second-order valence-corrected chi connectivity index (χ2v) is 11.0. The number of nitrogens with zero attached hydrogens (tertiary/aromatic N) is 1. The molecule has 3 heteroatoms. The van der Waals surface area contributed by atoms with E-state index < -0.39 is 0 Å². The Kier molecular flexibility index (Phi) is 4.88. The monoisotopic (exact) mass is 452 g/mol. The van der Waals surface area contributed by atoms with Crippen LogP contribution in [0.5, 0.6) is 0 Å². The SMILES string of the molecule is COCCC1c2c3c(cc4ccccc24)C(C)(C)c2cc(C(C)C)cc4cc[n+](c-3c24)C1CO. The Morgan fingerprint density at radius 1 is 1.03 bits per heavy atom. The van der Waals surface area contributed by atoms with Gasteiger partial charge < -0.3 is 9.84 Å². The molecule has 2 atom stereocenters. The van der Waals surface area contributed by atoms with Gasteiger partial charge in [0.2, 0.25) is 5.69 Å². The molecule has 2 heterocycles. The lowest BCUT2D eigenvalue weighted by Crippen LogP contribution is -2.51. The van der Waals surface area contributed by atoms with Gasteiger partial charge in [0.05, 0.1) is 16.9 Å². The first kappa shape index (κ1) is 21.8. The molecule has 3 nitrogen and oxygen atoms in total. The summed E-state index contributed by atoms with van der Waals surface area (Å²) < 4.78 is 7.92. The third-order valence-electron chi connectivity index (χ3n) is 8.45. The normalized spacial score (nSPS) is 19.9. The molecule has 4 aromatic rings. The Hall–Kier alpha value is -2.75. The Bertz CT molecular complexity index is 1450. The van der Waals surface area contributed by atoms with Crippen LogP contribution in [-0.2, 0) is 10.2 Å². The van der Waals surface area contributed by atoms with E-state index in [2.05, 4.69) is 87.0 Å². The molecule has 1 aromatic heterocycles. The Balaban J connectivity index is 1.83.